The molecule has 0 unspecified atom stereocenters. The highest BCUT2D eigenvalue weighted by molar-refractivity contribution is 6.05. The SMILES string of the molecule is Cc1cc2c(c(=O)[nH]1)C(=O)O/C2=C\c1ccc(C)o1. The first-order valence-electron chi connectivity index (χ1n) is 5.79. The topological polar surface area (TPSA) is 72.3 Å². The number of aromatic amines is 1. The standard InChI is InChI=1S/C14H11NO4/c1-7-5-10-11(6-9-4-3-8(2)18-9)19-14(17)12(10)13(16)15-7/h3-6H,1-2H3,(H,15,16)/b11-6-. The highest BCUT2D eigenvalue weighted by Gasteiger charge is 2.30. The van der Waals surface area contributed by atoms with Gasteiger partial charge in [-0.3, -0.25) is 4.79 Å². The minimum Gasteiger partial charge on any atom is -0.462 e. The van der Waals surface area contributed by atoms with Crippen LogP contribution in [0, 0.1) is 13.8 Å². The fourth-order valence-electron chi connectivity index (χ4n) is 2.06. The third kappa shape index (κ3) is 1.89. The van der Waals surface area contributed by atoms with Crippen molar-refractivity contribution in [2.45, 2.75) is 13.8 Å². The number of nitrogens with one attached hydrogen (secondary N) is 1. The Morgan fingerprint density at radius 1 is 1.21 bits per heavy atom. The predicted molar refractivity (Wildman–Crippen MR) is 68.5 cm³/mol. The van der Waals surface area contributed by atoms with Gasteiger partial charge in [-0.15, -0.1) is 0 Å². The molecule has 0 saturated carbocycles. The van der Waals surface area contributed by atoms with Gasteiger partial charge in [-0.05, 0) is 32.0 Å². The van der Waals surface area contributed by atoms with E-state index in [2.05, 4.69) is 4.98 Å². The van der Waals surface area contributed by atoms with Gasteiger partial charge in [-0.1, -0.05) is 0 Å². The van der Waals surface area contributed by atoms with E-state index in [9.17, 15) is 9.59 Å². The molecule has 5 heteroatoms. The van der Waals surface area contributed by atoms with Gasteiger partial charge in [0.1, 0.15) is 22.8 Å². The molecule has 0 aromatic carbocycles. The molecule has 1 aliphatic heterocycles. The number of aromatic nitrogens is 1. The average molecular weight is 257 g/mol. The lowest BCUT2D eigenvalue weighted by Gasteiger charge is -1.98. The minimum absolute atomic E-state index is 0.0418. The van der Waals surface area contributed by atoms with Gasteiger partial charge in [-0.25, -0.2) is 4.79 Å². The van der Waals surface area contributed by atoms with E-state index >= 15 is 0 Å². The zero-order chi connectivity index (χ0) is 13.6. The molecular formula is C14H11NO4. The van der Waals surface area contributed by atoms with Crippen LogP contribution in [0.3, 0.4) is 0 Å². The smallest absolute Gasteiger partial charge is 0.349 e. The normalized spacial score (nSPS) is 15.7. The maximum atomic E-state index is 11.7. The first-order chi connectivity index (χ1) is 9.04. The fourth-order valence-corrected chi connectivity index (χ4v) is 2.06. The monoisotopic (exact) mass is 257 g/mol. The Morgan fingerprint density at radius 2 is 2.00 bits per heavy atom. The Labute approximate surface area is 108 Å². The lowest BCUT2D eigenvalue weighted by molar-refractivity contribution is 0.0715. The lowest BCUT2D eigenvalue weighted by Crippen LogP contribution is -2.16. The van der Waals surface area contributed by atoms with Crippen molar-refractivity contribution >= 4 is 17.8 Å². The average Bonchev–Trinajstić information content (AvgIpc) is 2.84. The third-order valence-corrected chi connectivity index (χ3v) is 2.87. The van der Waals surface area contributed by atoms with E-state index < -0.39 is 11.5 Å². The summed E-state index contributed by atoms with van der Waals surface area (Å²) in [6.07, 6.45) is 1.61. The highest BCUT2D eigenvalue weighted by atomic mass is 16.5. The molecule has 0 spiro atoms. The zero-order valence-electron chi connectivity index (χ0n) is 10.4. The van der Waals surface area contributed by atoms with Gasteiger partial charge >= 0.3 is 5.97 Å². The molecule has 3 rings (SSSR count). The second-order valence-corrected chi connectivity index (χ2v) is 4.42. The maximum absolute atomic E-state index is 11.7. The van der Waals surface area contributed by atoms with E-state index in [1.165, 1.54) is 0 Å². The minimum atomic E-state index is -0.634. The molecule has 1 aliphatic rings. The van der Waals surface area contributed by atoms with E-state index in [0.29, 0.717) is 22.8 Å². The molecular weight excluding hydrogens is 246 g/mol. The first kappa shape index (κ1) is 11.5. The van der Waals surface area contributed by atoms with Crippen molar-refractivity contribution in [1.82, 2.24) is 4.98 Å². The molecule has 3 heterocycles. The molecule has 0 aliphatic carbocycles. The van der Waals surface area contributed by atoms with Gasteiger partial charge < -0.3 is 14.1 Å². The summed E-state index contributed by atoms with van der Waals surface area (Å²) >= 11 is 0. The zero-order valence-corrected chi connectivity index (χ0v) is 10.4. The molecule has 0 saturated heterocycles. The van der Waals surface area contributed by atoms with Crippen LogP contribution in [0.4, 0.5) is 0 Å². The molecule has 0 bridgehead atoms. The van der Waals surface area contributed by atoms with Crippen LogP contribution in [0.25, 0.3) is 11.8 Å². The second kappa shape index (κ2) is 3.98. The lowest BCUT2D eigenvalue weighted by atomic mass is 10.1. The van der Waals surface area contributed by atoms with Gasteiger partial charge in [0.15, 0.2) is 0 Å². The van der Waals surface area contributed by atoms with Gasteiger partial charge in [0.25, 0.3) is 5.56 Å². The van der Waals surface area contributed by atoms with E-state index in [-0.39, 0.29) is 5.56 Å². The van der Waals surface area contributed by atoms with E-state index in [1.54, 1.807) is 25.1 Å². The van der Waals surface area contributed by atoms with Crippen molar-refractivity contribution in [2.75, 3.05) is 0 Å². The van der Waals surface area contributed by atoms with Crippen LogP contribution < -0.4 is 5.56 Å². The molecule has 1 N–H and O–H groups in total. The van der Waals surface area contributed by atoms with E-state index in [4.69, 9.17) is 9.15 Å². The van der Waals surface area contributed by atoms with Gasteiger partial charge in [0.05, 0.1) is 0 Å². The molecule has 2 aromatic rings. The number of furan rings is 1. The van der Waals surface area contributed by atoms with E-state index in [0.717, 1.165) is 5.76 Å². The summed E-state index contributed by atoms with van der Waals surface area (Å²) in [5.74, 6) is 1.04. The number of hydrogen-bond donors (Lipinski definition) is 1. The molecule has 0 radical (unpaired) electrons. The number of ether oxygens (including phenoxy) is 1. The van der Waals surface area contributed by atoms with Crippen LogP contribution in [0.2, 0.25) is 0 Å². The quantitative estimate of drug-likeness (QED) is 0.795. The number of esters is 1. The fraction of sp³-hybridized carbons (Fsp3) is 0.143. The summed E-state index contributed by atoms with van der Waals surface area (Å²) < 4.78 is 10.5. The molecule has 5 nitrogen and oxygen atoms in total. The number of pyridine rings is 1. The van der Waals surface area contributed by atoms with Crippen LogP contribution in [0.5, 0.6) is 0 Å². The van der Waals surface area contributed by atoms with Crippen LogP contribution >= 0.6 is 0 Å². The van der Waals surface area contributed by atoms with Crippen LogP contribution in [0.1, 0.15) is 33.1 Å². The summed E-state index contributed by atoms with van der Waals surface area (Å²) in [6.45, 7) is 3.57. The largest absolute Gasteiger partial charge is 0.462 e. The van der Waals surface area contributed by atoms with Crippen molar-refractivity contribution in [3.63, 3.8) is 0 Å². The van der Waals surface area contributed by atoms with Crippen molar-refractivity contribution in [3.05, 3.63) is 56.9 Å². The molecule has 96 valence electrons. The molecule has 0 fully saturated rings. The molecule has 2 aromatic heterocycles. The molecule has 0 atom stereocenters. The maximum Gasteiger partial charge on any atom is 0.349 e. The Hall–Kier alpha value is -2.56. The van der Waals surface area contributed by atoms with Crippen molar-refractivity contribution in [3.8, 4) is 0 Å². The second-order valence-electron chi connectivity index (χ2n) is 4.42. The molecule has 19 heavy (non-hydrogen) atoms. The third-order valence-electron chi connectivity index (χ3n) is 2.87. The molecule has 0 amide bonds. The summed E-state index contributed by atoms with van der Waals surface area (Å²) in [5.41, 5.74) is 0.781. The number of H-pyrrole nitrogens is 1. The number of cyclic esters (lactones) is 1. The number of carbonyl (C=O) groups excluding carboxylic acids is 1. The van der Waals surface area contributed by atoms with Crippen molar-refractivity contribution in [1.29, 1.82) is 0 Å². The van der Waals surface area contributed by atoms with Crippen LogP contribution in [0.15, 0.2) is 27.4 Å². The van der Waals surface area contributed by atoms with Crippen molar-refractivity contribution in [2.24, 2.45) is 0 Å². The Bertz CT molecular complexity index is 764. The number of aryl methyl sites for hydroxylation is 2. The number of carbonyl (C=O) groups is 1. The summed E-state index contributed by atoms with van der Waals surface area (Å²) in [4.78, 5) is 26.0. The van der Waals surface area contributed by atoms with Crippen LogP contribution in [-0.4, -0.2) is 11.0 Å². The predicted octanol–water partition coefficient (Wildman–Crippen LogP) is 2.25. The summed E-state index contributed by atoms with van der Waals surface area (Å²) in [6, 6.07) is 5.30. The Balaban J connectivity index is 2.17. The Kier molecular flexibility index (Phi) is 2.41. The van der Waals surface area contributed by atoms with Crippen molar-refractivity contribution < 1.29 is 13.9 Å². The summed E-state index contributed by atoms with van der Waals surface area (Å²) in [7, 11) is 0. The first-order valence-corrected chi connectivity index (χ1v) is 5.79. The van der Waals surface area contributed by atoms with Gasteiger partial charge in [0.2, 0.25) is 0 Å². The van der Waals surface area contributed by atoms with Gasteiger partial charge in [-0.2, -0.15) is 0 Å². The number of fused-ring (bicyclic) bond motifs is 1. The number of hydrogen-bond acceptors (Lipinski definition) is 4. The highest BCUT2D eigenvalue weighted by Crippen LogP contribution is 2.29. The van der Waals surface area contributed by atoms with Crippen LogP contribution in [-0.2, 0) is 4.74 Å². The summed E-state index contributed by atoms with van der Waals surface area (Å²) in [5, 5.41) is 0. The number of rotatable bonds is 1. The van der Waals surface area contributed by atoms with Gasteiger partial charge in [0, 0.05) is 17.3 Å². The Morgan fingerprint density at radius 3 is 2.68 bits per heavy atom. The van der Waals surface area contributed by atoms with E-state index in [1.807, 2.05) is 13.0 Å².